The third kappa shape index (κ3) is 4.85. The first-order valence-electron chi connectivity index (χ1n) is 7.43. The summed E-state index contributed by atoms with van der Waals surface area (Å²) >= 11 is 0. The highest BCUT2D eigenvalue weighted by molar-refractivity contribution is 5.94. The molecule has 0 radical (unpaired) electrons. The van der Waals surface area contributed by atoms with Crippen LogP contribution in [0.1, 0.15) is 24.2 Å². The predicted octanol–water partition coefficient (Wildman–Crippen LogP) is 2.84. The molecule has 2 N–H and O–H groups in total. The number of amides is 2. The number of para-hydroxylation sites is 1. The Morgan fingerprint density at radius 2 is 1.70 bits per heavy atom. The first-order valence-corrected chi connectivity index (χ1v) is 7.43. The summed E-state index contributed by atoms with van der Waals surface area (Å²) in [7, 11) is 0. The molecule has 0 aromatic heterocycles. The van der Waals surface area contributed by atoms with Crippen molar-refractivity contribution < 1.29 is 14.3 Å². The fourth-order valence-electron chi connectivity index (χ4n) is 2.01. The Balaban J connectivity index is 1.91. The van der Waals surface area contributed by atoms with E-state index in [1.807, 2.05) is 44.2 Å². The number of rotatable bonds is 7. The zero-order valence-electron chi connectivity index (χ0n) is 13.2. The van der Waals surface area contributed by atoms with Crippen LogP contribution in [-0.2, 0) is 4.79 Å². The second kappa shape index (κ2) is 7.98. The van der Waals surface area contributed by atoms with Crippen LogP contribution in [0.4, 0.5) is 5.69 Å². The molecule has 0 aliphatic rings. The van der Waals surface area contributed by atoms with E-state index in [0.29, 0.717) is 17.7 Å². The molecule has 2 atom stereocenters. The van der Waals surface area contributed by atoms with Gasteiger partial charge in [0.25, 0.3) is 5.91 Å². The Morgan fingerprint density at radius 3 is 2.30 bits per heavy atom. The van der Waals surface area contributed by atoms with Crippen LogP contribution in [0.15, 0.2) is 54.6 Å². The van der Waals surface area contributed by atoms with Crippen LogP contribution in [0, 0.1) is 0 Å². The summed E-state index contributed by atoms with van der Waals surface area (Å²) in [5.74, 6) is 0.587. The average molecular weight is 312 g/mol. The number of anilines is 1. The molecule has 0 aliphatic heterocycles. The van der Waals surface area contributed by atoms with Gasteiger partial charge >= 0.3 is 0 Å². The van der Waals surface area contributed by atoms with Gasteiger partial charge in [-0.3, -0.25) is 9.59 Å². The summed E-state index contributed by atoms with van der Waals surface area (Å²) in [6.07, 6.45) is 0.428. The van der Waals surface area contributed by atoms with Gasteiger partial charge in [-0.05, 0) is 50.2 Å². The van der Waals surface area contributed by atoms with E-state index < -0.39 is 0 Å². The molecule has 0 fully saturated rings. The van der Waals surface area contributed by atoms with E-state index in [4.69, 9.17) is 4.74 Å². The minimum atomic E-state index is -0.182. The van der Waals surface area contributed by atoms with E-state index in [9.17, 15) is 9.59 Å². The highest BCUT2D eigenvalue weighted by Gasteiger charge is 2.17. The van der Waals surface area contributed by atoms with Crippen molar-refractivity contribution in [1.29, 1.82) is 0 Å². The number of hydrogen-bond acceptors (Lipinski definition) is 3. The number of benzene rings is 2. The maximum atomic E-state index is 12.2. The molecule has 0 saturated heterocycles. The van der Waals surface area contributed by atoms with Gasteiger partial charge in [0.15, 0.2) is 0 Å². The van der Waals surface area contributed by atoms with Crippen molar-refractivity contribution in [3.05, 3.63) is 60.2 Å². The summed E-state index contributed by atoms with van der Waals surface area (Å²) in [6.45, 7) is 3.81. The van der Waals surface area contributed by atoms with Gasteiger partial charge in [0, 0.05) is 11.3 Å². The van der Waals surface area contributed by atoms with Crippen LogP contribution in [0.2, 0.25) is 0 Å². The van der Waals surface area contributed by atoms with Crippen LogP contribution in [-0.4, -0.2) is 24.5 Å². The molecule has 0 bridgehead atoms. The van der Waals surface area contributed by atoms with Gasteiger partial charge in [0.2, 0.25) is 6.41 Å². The zero-order valence-corrected chi connectivity index (χ0v) is 13.2. The molecular formula is C18H20N2O3. The van der Waals surface area contributed by atoms with Crippen molar-refractivity contribution >= 4 is 18.0 Å². The lowest BCUT2D eigenvalue weighted by molar-refractivity contribution is -0.105. The largest absolute Gasteiger partial charge is 0.489 e. The minimum absolute atomic E-state index is 0.157. The van der Waals surface area contributed by atoms with Crippen LogP contribution in [0.5, 0.6) is 5.75 Å². The SMILES string of the molecule is C[C@@H](NC(=O)c1ccc(NC=O)cc1)[C@@H](C)Oc1ccccc1. The third-order valence-electron chi connectivity index (χ3n) is 3.50. The first kappa shape index (κ1) is 16.5. The molecule has 0 heterocycles. The summed E-state index contributed by atoms with van der Waals surface area (Å²) in [5.41, 5.74) is 1.17. The Kier molecular flexibility index (Phi) is 5.74. The number of nitrogens with one attached hydrogen (secondary N) is 2. The second-order valence-corrected chi connectivity index (χ2v) is 5.24. The van der Waals surface area contributed by atoms with Crippen molar-refractivity contribution in [2.24, 2.45) is 0 Å². The van der Waals surface area contributed by atoms with Gasteiger partial charge in [-0.1, -0.05) is 18.2 Å². The van der Waals surface area contributed by atoms with E-state index in [0.717, 1.165) is 5.75 Å². The summed E-state index contributed by atoms with van der Waals surface area (Å²) in [6, 6.07) is 16.0. The van der Waals surface area contributed by atoms with Gasteiger partial charge in [0.05, 0.1) is 6.04 Å². The fourth-order valence-corrected chi connectivity index (χ4v) is 2.01. The lowest BCUT2D eigenvalue weighted by Gasteiger charge is -2.22. The normalized spacial score (nSPS) is 12.8. The molecule has 23 heavy (non-hydrogen) atoms. The smallest absolute Gasteiger partial charge is 0.251 e. The molecule has 0 unspecified atom stereocenters. The molecule has 5 heteroatoms. The molecule has 2 rings (SSSR count). The Labute approximate surface area is 135 Å². The van der Waals surface area contributed by atoms with Crippen molar-refractivity contribution in [3.8, 4) is 5.75 Å². The second-order valence-electron chi connectivity index (χ2n) is 5.24. The van der Waals surface area contributed by atoms with Crippen LogP contribution in [0.3, 0.4) is 0 Å². The average Bonchev–Trinajstić information content (AvgIpc) is 2.56. The van der Waals surface area contributed by atoms with E-state index in [1.54, 1.807) is 24.3 Å². The maximum Gasteiger partial charge on any atom is 0.251 e. The Hall–Kier alpha value is -2.82. The summed E-state index contributed by atoms with van der Waals surface area (Å²) < 4.78 is 5.80. The van der Waals surface area contributed by atoms with Gasteiger partial charge in [-0.25, -0.2) is 0 Å². The van der Waals surface area contributed by atoms with Crippen molar-refractivity contribution in [2.45, 2.75) is 26.0 Å². The topological polar surface area (TPSA) is 67.4 Å². The molecule has 0 aliphatic carbocycles. The van der Waals surface area contributed by atoms with Crippen LogP contribution in [0.25, 0.3) is 0 Å². The van der Waals surface area contributed by atoms with Gasteiger partial charge < -0.3 is 15.4 Å². The van der Waals surface area contributed by atoms with E-state index in [2.05, 4.69) is 10.6 Å². The lowest BCUT2D eigenvalue weighted by Crippen LogP contribution is -2.42. The molecule has 2 aromatic rings. The zero-order chi connectivity index (χ0) is 16.7. The molecular weight excluding hydrogens is 292 g/mol. The van der Waals surface area contributed by atoms with Crippen molar-refractivity contribution in [2.75, 3.05) is 5.32 Å². The number of carbonyl (C=O) groups is 2. The maximum absolute atomic E-state index is 12.2. The van der Waals surface area contributed by atoms with E-state index in [-0.39, 0.29) is 18.1 Å². The first-order chi connectivity index (χ1) is 11.1. The predicted molar refractivity (Wildman–Crippen MR) is 89.6 cm³/mol. The van der Waals surface area contributed by atoms with E-state index >= 15 is 0 Å². The number of ether oxygens (including phenoxy) is 1. The third-order valence-corrected chi connectivity index (χ3v) is 3.50. The van der Waals surface area contributed by atoms with Crippen LogP contribution >= 0.6 is 0 Å². The van der Waals surface area contributed by atoms with Crippen LogP contribution < -0.4 is 15.4 Å². The molecule has 0 saturated carbocycles. The quantitative estimate of drug-likeness (QED) is 0.773. The molecule has 2 amide bonds. The molecule has 0 spiro atoms. The number of carbonyl (C=O) groups excluding carboxylic acids is 2. The minimum Gasteiger partial charge on any atom is -0.489 e. The van der Waals surface area contributed by atoms with E-state index in [1.165, 1.54) is 0 Å². The van der Waals surface area contributed by atoms with Gasteiger partial charge in [0.1, 0.15) is 11.9 Å². The molecule has 120 valence electrons. The summed E-state index contributed by atoms with van der Waals surface area (Å²) in [5, 5.41) is 5.44. The number of hydrogen-bond donors (Lipinski definition) is 2. The highest BCUT2D eigenvalue weighted by Crippen LogP contribution is 2.13. The molecule has 2 aromatic carbocycles. The van der Waals surface area contributed by atoms with Gasteiger partial charge in [-0.2, -0.15) is 0 Å². The summed E-state index contributed by atoms with van der Waals surface area (Å²) in [4.78, 5) is 22.6. The highest BCUT2D eigenvalue weighted by atomic mass is 16.5. The monoisotopic (exact) mass is 312 g/mol. The van der Waals surface area contributed by atoms with Crippen molar-refractivity contribution in [1.82, 2.24) is 5.32 Å². The van der Waals surface area contributed by atoms with Crippen molar-refractivity contribution in [3.63, 3.8) is 0 Å². The Bertz CT molecular complexity index is 641. The van der Waals surface area contributed by atoms with Gasteiger partial charge in [-0.15, -0.1) is 0 Å². The lowest BCUT2D eigenvalue weighted by atomic mass is 10.1. The fraction of sp³-hybridized carbons (Fsp3) is 0.222. The molecule has 5 nitrogen and oxygen atoms in total. The Morgan fingerprint density at radius 1 is 1.04 bits per heavy atom. The standard InChI is InChI=1S/C18H20N2O3/c1-13(14(2)23-17-6-4-3-5-7-17)20-18(22)15-8-10-16(11-9-15)19-12-21/h3-14H,1-2H3,(H,19,21)(H,20,22)/t13-,14-/m1/s1.